The van der Waals surface area contributed by atoms with E-state index in [0.717, 1.165) is 22.0 Å². The Morgan fingerprint density at radius 3 is 2.17 bits per heavy atom. The second kappa shape index (κ2) is 11.3. The molecule has 0 radical (unpaired) electrons. The highest BCUT2D eigenvalue weighted by atomic mass is 35.5. The Labute approximate surface area is 209 Å². The van der Waals surface area contributed by atoms with Crippen LogP contribution in [0, 0.1) is 5.82 Å². The van der Waals surface area contributed by atoms with E-state index in [9.17, 15) is 22.4 Å². The number of rotatable bonds is 9. The van der Waals surface area contributed by atoms with Gasteiger partial charge < -0.3 is 10.2 Å². The van der Waals surface area contributed by atoms with Crippen molar-refractivity contribution in [3.63, 3.8) is 0 Å². The van der Waals surface area contributed by atoms with Crippen LogP contribution in [0.25, 0.3) is 0 Å². The molecular weight excluding hydrogens is 493 g/mol. The van der Waals surface area contributed by atoms with E-state index in [2.05, 4.69) is 5.32 Å². The van der Waals surface area contributed by atoms with Crippen molar-refractivity contribution in [2.24, 2.45) is 0 Å². The zero-order chi connectivity index (χ0) is 25.6. The lowest BCUT2D eigenvalue weighted by Gasteiger charge is -2.31. The predicted octanol–water partition coefficient (Wildman–Crippen LogP) is 3.84. The van der Waals surface area contributed by atoms with Gasteiger partial charge in [0.1, 0.15) is 18.4 Å². The highest BCUT2D eigenvalue weighted by molar-refractivity contribution is 7.92. The number of carbonyl (C=O) groups is 2. The number of nitrogens with zero attached hydrogens (tertiary/aromatic N) is 2. The Kier molecular flexibility index (Phi) is 8.48. The minimum Gasteiger partial charge on any atom is -0.357 e. The molecule has 3 aromatic carbocycles. The minimum absolute atomic E-state index is 0.0147. The van der Waals surface area contributed by atoms with Crippen LogP contribution in [0.5, 0.6) is 0 Å². The summed E-state index contributed by atoms with van der Waals surface area (Å²) in [5.74, 6) is -1.75. The van der Waals surface area contributed by atoms with E-state index in [0.29, 0.717) is 0 Å². The number of nitrogens with one attached hydrogen (secondary N) is 1. The molecule has 0 fully saturated rings. The van der Waals surface area contributed by atoms with E-state index in [-0.39, 0.29) is 22.2 Å². The largest absolute Gasteiger partial charge is 0.357 e. The average Bonchev–Trinajstić information content (AvgIpc) is 2.87. The van der Waals surface area contributed by atoms with Crippen LogP contribution >= 0.6 is 11.6 Å². The number of sulfonamides is 1. The molecule has 0 bridgehead atoms. The third-order valence-corrected chi connectivity index (χ3v) is 7.49. The van der Waals surface area contributed by atoms with Crippen LogP contribution < -0.4 is 9.62 Å². The zero-order valence-corrected chi connectivity index (χ0v) is 20.8. The monoisotopic (exact) mass is 517 g/mol. The van der Waals surface area contributed by atoms with E-state index in [1.165, 1.54) is 30.1 Å². The van der Waals surface area contributed by atoms with Gasteiger partial charge in [0.25, 0.3) is 10.0 Å². The van der Waals surface area contributed by atoms with E-state index in [1.54, 1.807) is 49.4 Å². The summed E-state index contributed by atoms with van der Waals surface area (Å²) in [7, 11) is -2.78. The van der Waals surface area contributed by atoms with Gasteiger partial charge in [0.2, 0.25) is 11.8 Å². The Morgan fingerprint density at radius 1 is 1.00 bits per heavy atom. The number of likely N-dealkylation sites (N-methyl/N-ethyl adjacent to an activating group) is 1. The van der Waals surface area contributed by atoms with Crippen LogP contribution in [0.4, 0.5) is 10.1 Å². The molecule has 3 rings (SSSR count). The molecule has 0 saturated carbocycles. The SMILES string of the molecule is CNC(=O)[C@H](C)N(Cc1ccccc1)C(=O)CN(c1ccc(F)c(Cl)c1)S(=O)(=O)c1ccccc1. The van der Waals surface area contributed by atoms with Crippen LogP contribution in [0.1, 0.15) is 12.5 Å². The van der Waals surface area contributed by atoms with Gasteiger partial charge in [0, 0.05) is 13.6 Å². The number of halogens is 2. The van der Waals surface area contributed by atoms with Gasteiger partial charge in [-0.05, 0) is 42.8 Å². The molecule has 1 atom stereocenters. The lowest BCUT2D eigenvalue weighted by Crippen LogP contribution is -2.50. The van der Waals surface area contributed by atoms with Gasteiger partial charge in [-0.15, -0.1) is 0 Å². The molecule has 0 aromatic heterocycles. The summed E-state index contributed by atoms with van der Waals surface area (Å²) < 4.78 is 41.8. The van der Waals surface area contributed by atoms with Gasteiger partial charge in [0.15, 0.2) is 0 Å². The molecule has 35 heavy (non-hydrogen) atoms. The van der Waals surface area contributed by atoms with E-state index < -0.39 is 40.2 Å². The van der Waals surface area contributed by atoms with E-state index >= 15 is 0 Å². The second-order valence-corrected chi connectivity index (χ2v) is 9.99. The van der Waals surface area contributed by atoms with Crippen molar-refractivity contribution in [2.75, 3.05) is 17.9 Å². The number of benzene rings is 3. The van der Waals surface area contributed by atoms with Crippen molar-refractivity contribution < 1.29 is 22.4 Å². The lowest BCUT2D eigenvalue weighted by atomic mass is 10.1. The van der Waals surface area contributed by atoms with Gasteiger partial charge in [-0.25, -0.2) is 12.8 Å². The highest BCUT2D eigenvalue weighted by Gasteiger charge is 2.32. The maximum absolute atomic E-state index is 13.8. The molecule has 184 valence electrons. The summed E-state index contributed by atoms with van der Waals surface area (Å²) in [5, 5.41) is 2.23. The topological polar surface area (TPSA) is 86.8 Å². The highest BCUT2D eigenvalue weighted by Crippen LogP contribution is 2.28. The summed E-state index contributed by atoms with van der Waals surface area (Å²) in [6.07, 6.45) is 0. The Morgan fingerprint density at radius 2 is 1.60 bits per heavy atom. The number of hydrogen-bond donors (Lipinski definition) is 1. The molecule has 0 aliphatic carbocycles. The molecule has 3 aromatic rings. The molecular formula is C25H25ClFN3O4S. The van der Waals surface area contributed by atoms with Crippen LogP contribution in [-0.4, -0.2) is 44.8 Å². The summed E-state index contributed by atoms with van der Waals surface area (Å²) in [6.45, 7) is 1.01. The van der Waals surface area contributed by atoms with Crippen molar-refractivity contribution in [3.8, 4) is 0 Å². The maximum atomic E-state index is 13.8. The number of hydrogen-bond acceptors (Lipinski definition) is 4. The smallest absolute Gasteiger partial charge is 0.264 e. The first-order valence-electron chi connectivity index (χ1n) is 10.7. The van der Waals surface area contributed by atoms with Crippen LogP contribution in [0.15, 0.2) is 83.8 Å². The molecule has 1 N–H and O–H groups in total. The molecule has 0 saturated heterocycles. The number of amides is 2. The number of carbonyl (C=O) groups excluding carboxylic acids is 2. The third-order valence-electron chi connectivity index (χ3n) is 5.41. The summed E-state index contributed by atoms with van der Waals surface area (Å²) in [4.78, 5) is 27.2. The van der Waals surface area contributed by atoms with Crippen molar-refractivity contribution in [1.29, 1.82) is 0 Å². The molecule has 0 unspecified atom stereocenters. The molecule has 0 heterocycles. The van der Waals surface area contributed by atoms with Crippen molar-refractivity contribution in [1.82, 2.24) is 10.2 Å². The molecule has 2 amide bonds. The molecule has 7 nitrogen and oxygen atoms in total. The van der Waals surface area contributed by atoms with Crippen LogP contribution in [0.3, 0.4) is 0 Å². The Balaban J connectivity index is 2.04. The normalized spacial score (nSPS) is 12.0. The molecule has 0 aliphatic rings. The first kappa shape index (κ1) is 26.2. The van der Waals surface area contributed by atoms with Crippen molar-refractivity contribution in [2.45, 2.75) is 24.4 Å². The summed E-state index contributed by atoms with van der Waals surface area (Å²) in [6, 6.07) is 19.1. The van der Waals surface area contributed by atoms with E-state index in [4.69, 9.17) is 11.6 Å². The van der Waals surface area contributed by atoms with Crippen molar-refractivity contribution in [3.05, 3.63) is 95.3 Å². The van der Waals surface area contributed by atoms with Crippen LogP contribution in [0.2, 0.25) is 5.02 Å². The standard InChI is InChI=1S/C25H25ClFN3O4S/c1-18(25(32)28-2)29(16-19-9-5-3-6-10-19)24(31)17-30(20-13-14-23(27)22(26)15-20)35(33,34)21-11-7-4-8-12-21/h3-15,18H,16-17H2,1-2H3,(H,28,32)/t18-/m0/s1. The second-order valence-electron chi connectivity index (χ2n) is 7.72. The zero-order valence-electron chi connectivity index (χ0n) is 19.2. The lowest BCUT2D eigenvalue weighted by molar-refractivity contribution is -0.139. The van der Waals surface area contributed by atoms with Gasteiger partial charge in [-0.2, -0.15) is 0 Å². The summed E-state index contributed by atoms with van der Waals surface area (Å²) >= 11 is 5.93. The van der Waals surface area contributed by atoms with E-state index in [1.807, 2.05) is 6.07 Å². The fourth-order valence-electron chi connectivity index (χ4n) is 3.46. The number of anilines is 1. The predicted molar refractivity (Wildman–Crippen MR) is 133 cm³/mol. The van der Waals surface area contributed by atoms with Gasteiger partial charge in [0.05, 0.1) is 15.6 Å². The van der Waals surface area contributed by atoms with Gasteiger partial charge >= 0.3 is 0 Å². The maximum Gasteiger partial charge on any atom is 0.264 e. The Hall–Kier alpha value is -3.43. The van der Waals surface area contributed by atoms with Crippen LogP contribution in [-0.2, 0) is 26.2 Å². The first-order valence-corrected chi connectivity index (χ1v) is 12.5. The Bertz CT molecular complexity index is 1290. The van der Waals surface area contributed by atoms with Gasteiger partial charge in [-0.3, -0.25) is 13.9 Å². The minimum atomic E-state index is -4.23. The van der Waals surface area contributed by atoms with Crippen molar-refractivity contribution >= 4 is 39.1 Å². The summed E-state index contributed by atoms with van der Waals surface area (Å²) in [5.41, 5.74) is 0.778. The average molecular weight is 518 g/mol. The van der Waals surface area contributed by atoms with Gasteiger partial charge in [-0.1, -0.05) is 60.1 Å². The quantitative estimate of drug-likeness (QED) is 0.467. The molecule has 0 spiro atoms. The fourth-order valence-corrected chi connectivity index (χ4v) is 5.06. The first-order chi connectivity index (χ1) is 16.6. The third kappa shape index (κ3) is 6.17. The fraction of sp³-hybridized carbons (Fsp3) is 0.200. The molecule has 10 heteroatoms. The molecule has 0 aliphatic heterocycles.